The maximum atomic E-state index is 12.9. The van der Waals surface area contributed by atoms with Crippen LogP contribution in [-0.2, 0) is 13.6 Å². The van der Waals surface area contributed by atoms with E-state index in [9.17, 15) is 4.57 Å². The summed E-state index contributed by atoms with van der Waals surface area (Å²) in [4.78, 5) is 0. The number of thioether (sulfide) groups is 1. The van der Waals surface area contributed by atoms with E-state index in [0.717, 1.165) is 12.2 Å². The van der Waals surface area contributed by atoms with Gasteiger partial charge < -0.3 is 9.05 Å². The first-order valence-corrected chi connectivity index (χ1v) is 11.4. The third-order valence-electron chi connectivity index (χ3n) is 1.61. The Morgan fingerprint density at radius 3 is 1.94 bits per heavy atom. The first kappa shape index (κ1) is 19.2. The summed E-state index contributed by atoms with van der Waals surface area (Å²) in [6.07, 6.45) is 2.87. The third kappa shape index (κ3) is 7.71. The lowest BCUT2D eigenvalue weighted by Crippen LogP contribution is -2.13. The van der Waals surface area contributed by atoms with E-state index in [4.69, 9.17) is 9.05 Å². The minimum atomic E-state index is -3.08. The Balaban J connectivity index is 4.71. The standard InChI is InChI=1S/C11H25O3PS3/c1-7-8-17-18-11(16-6)15(12,13-9(2)3)14-10(4)5/h9-11H,7-8H2,1-6H3. The van der Waals surface area contributed by atoms with Crippen LogP contribution in [0.3, 0.4) is 0 Å². The number of hydrogen-bond donors (Lipinski definition) is 0. The van der Waals surface area contributed by atoms with Crippen molar-refractivity contribution in [1.82, 2.24) is 0 Å². The zero-order chi connectivity index (χ0) is 14.2. The SMILES string of the molecule is CCCSSC(SC)P(=O)(OC(C)C)OC(C)C. The normalized spacial score (nSPS) is 14.4. The van der Waals surface area contributed by atoms with E-state index in [1.807, 2.05) is 34.0 Å². The molecule has 0 aromatic rings. The van der Waals surface area contributed by atoms with E-state index < -0.39 is 7.60 Å². The summed E-state index contributed by atoms with van der Waals surface area (Å²) in [5, 5.41) is 0. The molecule has 0 aliphatic carbocycles. The van der Waals surface area contributed by atoms with Gasteiger partial charge in [0.05, 0.1) is 12.2 Å². The maximum absolute atomic E-state index is 12.9. The van der Waals surface area contributed by atoms with Crippen LogP contribution in [0.5, 0.6) is 0 Å². The Kier molecular flexibility index (Phi) is 10.7. The van der Waals surface area contributed by atoms with Crippen molar-refractivity contribution in [2.75, 3.05) is 12.0 Å². The second kappa shape index (κ2) is 10.0. The van der Waals surface area contributed by atoms with Gasteiger partial charge in [0.15, 0.2) is 4.32 Å². The summed E-state index contributed by atoms with van der Waals surface area (Å²) in [5.74, 6) is 1.05. The van der Waals surface area contributed by atoms with Crippen LogP contribution in [0.15, 0.2) is 0 Å². The predicted molar refractivity (Wildman–Crippen MR) is 87.7 cm³/mol. The van der Waals surface area contributed by atoms with Crippen molar-refractivity contribution >= 4 is 40.9 Å². The van der Waals surface area contributed by atoms with E-state index in [1.54, 1.807) is 33.3 Å². The molecule has 7 heteroatoms. The molecule has 0 bridgehead atoms. The molecule has 0 aliphatic rings. The lowest BCUT2D eigenvalue weighted by Gasteiger charge is -2.28. The number of hydrogen-bond acceptors (Lipinski definition) is 6. The molecule has 110 valence electrons. The van der Waals surface area contributed by atoms with Crippen LogP contribution in [0.25, 0.3) is 0 Å². The molecule has 0 radical (unpaired) electrons. The average Bonchev–Trinajstić information content (AvgIpc) is 2.21. The van der Waals surface area contributed by atoms with E-state index in [1.165, 1.54) is 0 Å². The molecule has 0 rings (SSSR count). The van der Waals surface area contributed by atoms with Gasteiger partial charge in [-0.25, -0.2) is 0 Å². The lowest BCUT2D eigenvalue weighted by molar-refractivity contribution is 0.144. The quantitative estimate of drug-likeness (QED) is 0.228. The van der Waals surface area contributed by atoms with E-state index in [-0.39, 0.29) is 16.5 Å². The summed E-state index contributed by atoms with van der Waals surface area (Å²) in [6, 6.07) is 0. The van der Waals surface area contributed by atoms with Crippen molar-refractivity contribution < 1.29 is 13.6 Å². The Morgan fingerprint density at radius 2 is 1.61 bits per heavy atom. The molecule has 0 N–H and O–H groups in total. The van der Waals surface area contributed by atoms with Gasteiger partial charge in [-0.05, 0) is 40.4 Å². The Morgan fingerprint density at radius 1 is 1.11 bits per heavy atom. The summed E-state index contributed by atoms with van der Waals surface area (Å²) >= 11 is 1.54. The zero-order valence-electron chi connectivity index (χ0n) is 12.0. The summed E-state index contributed by atoms with van der Waals surface area (Å²) in [7, 11) is 0.257. The molecule has 18 heavy (non-hydrogen) atoms. The fraction of sp³-hybridized carbons (Fsp3) is 1.00. The minimum absolute atomic E-state index is 0.0963. The Bertz CT molecular complexity index is 248. The Labute approximate surface area is 124 Å². The zero-order valence-corrected chi connectivity index (χ0v) is 15.4. The largest absolute Gasteiger partial charge is 0.354 e. The second-order valence-corrected chi connectivity index (χ2v) is 10.9. The van der Waals surface area contributed by atoms with Gasteiger partial charge in [-0.15, -0.1) is 11.8 Å². The van der Waals surface area contributed by atoms with Crippen molar-refractivity contribution in [3.05, 3.63) is 0 Å². The fourth-order valence-electron chi connectivity index (χ4n) is 1.12. The molecule has 0 saturated heterocycles. The van der Waals surface area contributed by atoms with E-state index in [0.29, 0.717) is 0 Å². The highest BCUT2D eigenvalue weighted by Crippen LogP contribution is 2.64. The van der Waals surface area contributed by atoms with Crippen LogP contribution in [0.2, 0.25) is 0 Å². The molecule has 0 fully saturated rings. The summed E-state index contributed by atoms with van der Waals surface area (Å²) in [6.45, 7) is 9.68. The molecule has 0 amide bonds. The molecule has 0 aromatic carbocycles. The molecule has 0 saturated carbocycles. The van der Waals surface area contributed by atoms with Crippen molar-refractivity contribution in [3.8, 4) is 0 Å². The van der Waals surface area contributed by atoms with Crippen LogP contribution in [0.4, 0.5) is 0 Å². The highest BCUT2D eigenvalue weighted by Gasteiger charge is 2.38. The highest BCUT2D eigenvalue weighted by atomic mass is 33.1. The van der Waals surface area contributed by atoms with Gasteiger partial charge in [0.25, 0.3) is 0 Å². The monoisotopic (exact) mass is 332 g/mol. The van der Waals surface area contributed by atoms with Gasteiger partial charge in [0.2, 0.25) is 0 Å². The molecule has 1 unspecified atom stereocenters. The highest BCUT2D eigenvalue weighted by molar-refractivity contribution is 8.79. The molecular formula is C11H25O3PS3. The third-order valence-corrected chi connectivity index (χ3v) is 10.5. The maximum Gasteiger partial charge on any atom is 0.354 e. The average molecular weight is 332 g/mol. The number of rotatable bonds is 10. The van der Waals surface area contributed by atoms with Crippen molar-refractivity contribution in [1.29, 1.82) is 0 Å². The molecule has 0 aliphatic heterocycles. The first-order valence-electron chi connectivity index (χ1n) is 6.13. The van der Waals surface area contributed by atoms with Gasteiger partial charge in [-0.3, -0.25) is 4.57 Å². The van der Waals surface area contributed by atoms with Crippen molar-refractivity contribution in [2.45, 2.75) is 57.6 Å². The van der Waals surface area contributed by atoms with Gasteiger partial charge >= 0.3 is 7.60 Å². The smallest absolute Gasteiger partial charge is 0.304 e. The van der Waals surface area contributed by atoms with Crippen LogP contribution >= 0.6 is 40.9 Å². The molecule has 0 heterocycles. The van der Waals surface area contributed by atoms with Crippen molar-refractivity contribution in [2.24, 2.45) is 0 Å². The van der Waals surface area contributed by atoms with Crippen LogP contribution in [0, 0.1) is 0 Å². The van der Waals surface area contributed by atoms with Crippen molar-refractivity contribution in [3.63, 3.8) is 0 Å². The van der Waals surface area contributed by atoms with Gasteiger partial charge in [0.1, 0.15) is 0 Å². The molecule has 0 spiro atoms. The molecular weight excluding hydrogens is 307 g/mol. The topological polar surface area (TPSA) is 35.5 Å². The lowest BCUT2D eigenvalue weighted by atomic mass is 10.5. The Hall–Kier alpha value is 1.20. The van der Waals surface area contributed by atoms with Crippen LogP contribution in [-0.4, -0.2) is 28.5 Å². The molecule has 0 aromatic heterocycles. The second-order valence-electron chi connectivity index (χ2n) is 4.31. The molecule has 3 nitrogen and oxygen atoms in total. The predicted octanol–water partition coefficient (Wildman–Crippen LogP) is 5.47. The molecule has 1 atom stereocenters. The van der Waals surface area contributed by atoms with Gasteiger partial charge in [0, 0.05) is 5.75 Å². The van der Waals surface area contributed by atoms with Gasteiger partial charge in [-0.1, -0.05) is 28.5 Å². The summed E-state index contributed by atoms with van der Waals surface area (Å²) < 4.78 is 23.9. The van der Waals surface area contributed by atoms with Crippen LogP contribution in [0.1, 0.15) is 41.0 Å². The minimum Gasteiger partial charge on any atom is -0.304 e. The summed E-state index contributed by atoms with van der Waals surface area (Å²) in [5.41, 5.74) is 0. The fourth-order valence-corrected chi connectivity index (χ4v) is 9.13. The van der Waals surface area contributed by atoms with E-state index in [2.05, 4.69) is 6.92 Å². The van der Waals surface area contributed by atoms with Crippen LogP contribution < -0.4 is 0 Å². The van der Waals surface area contributed by atoms with Gasteiger partial charge in [-0.2, -0.15) is 0 Å². The van der Waals surface area contributed by atoms with E-state index >= 15 is 0 Å². The first-order chi connectivity index (χ1) is 8.35.